The number of nitrogen functional groups attached to an aromatic ring is 1. The van der Waals surface area contributed by atoms with Gasteiger partial charge in [-0.05, 0) is 24.6 Å². The standard InChI is InChI=1S/C16H18N2OS/c1-12-5-4-6-13(9-12)10-20-11-16(19)18-15-8-3-2-7-14(15)17/h2-9H,10-11,17H2,1H3,(H,18,19). The van der Waals surface area contributed by atoms with Crippen molar-refractivity contribution >= 4 is 29.0 Å². The first kappa shape index (κ1) is 14.5. The second kappa shape index (κ2) is 7.01. The number of carbonyl (C=O) groups is 1. The molecule has 0 radical (unpaired) electrons. The average Bonchev–Trinajstić information content (AvgIpc) is 2.41. The molecule has 2 rings (SSSR count). The van der Waals surface area contributed by atoms with Gasteiger partial charge in [-0.3, -0.25) is 4.79 Å². The predicted octanol–water partition coefficient (Wildman–Crippen LogP) is 3.45. The van der Waals surface area contributed by atoms with Crippen LogP contribution in [0.3, 0.4) is 0 Å². The molecule has 0 unspecified atom stereocenters. The molecule has 0 bridgehead atoms. The smallest absolute Gasteiger partial charge is 0.234 e. The Kier molecular flexibility index (Phi) is 5.07. The highest BCUT2D eigenvalue weighted by Crippen LogP contribution is 2.18. The molecule has 0 atom stereocenters. The molecule has 3 N–H and O–H groups in total. The minimum atomic E-state index is -0.0273. The van der Waals surface area contributed by atoms with Gasteiger partial charge in [0.2, 0.25) is 5.91 Å². The van der Waals surface area contributed by atoms with E-state index < -0.39 is 0 Å². The Morgan fingerprint density at radius 1 is 1.20 bits per heavy atom. The highest BCUT2D eigenvalue weighted by atomic mass is 32.2. The number of nitrogens with one attached hydrogen (secondary N) is 1. The van der Waals surface area contributed by atoms with E-state index in [0.29, 0.717) is 17.1 Å². The minimum absolute atomic E-state index is 0.0273. The summed E-state index contributed by atoms with van der Waals surface area (Å²) in [6, 6.07) is 15.6. The third-order valence-electron chi connectivity index (χ3n) is 2.82. The molecule has 2 aromatic rings. The number of para-hydroxylation sites is 2. The second-order valence-electron chi connectivity index (χ2n) is 4.62. The average molecular weight is 286 g/mol. The van der Waals surface area contributed by atoms with Crippen molar-refractivity contribution in [1.29, 1.82) is 0 Å². The van der Waals surface area contributed by atoms with Gasteiger partial charge in [0.25, 0.3) is 0 Å². The van der Waals surface area contributed by atoms with Gasteiger partial charge < -0.3 is 11.1 Å². The Labute approximate surface area is 123 Å². The third kappa shape index (κ3) is 4.31. The summed E-state index contributed by atoms with van der Waals surface area (Å²) in [5.41, 5.74) is 9.52. The molecule has 0 aliphatic carbocycles. The normalized spacial score (nSPS) is 10.2. The van der Waals surface area contributed by atoms with Crippen LogP contribution in [0.5, 0.6) is 0 Å². The molecule has 3 nitrogen and oxygen atoms in total. The van der Waals surface area contributed by atoms with E-state index in [-0.39, 0.29) is 5.91 Å². The monoisotopic (exact) mass is 286 g/mol. The number of amides is 1. The molecular formula is C16H18N2OS. The molecule has 0 spiro atoms. The second-order valence-corrected chi connectivity index (χ2v) is 5.60. The van der Waals surface area contributed by atoms with Crippen molar-refractivity contribution < 1.29 is 4.79 Å². The molecule has 20 heavy (non-hydrogen) atoms. The highest BCUT2D eigenvalue weighted by molar-refractivity contribution is 7.99. The first-order valence-corrected chi connectivity index (χ1v) is 7.58. The number of nitrogens with two attached hydrogens (primary N) is 1. The van der Waals surface area contributed by atoms with Crippen LogP contribution in [0, 0.1) is 6.92 Å². The lowest BCUT2D eigenvalue weighted by Gasteiger charge is -2.07. The van der Waals surface area contributed by atoms with Crippen LogP contribution in [0.1, 0.15) is 11.1 Å². The molecule has 2 aromatic carbocycles. The van der Waals surface area contributed by atoms with Gasteiger partial charge >= 0.3 is 0 Å². The topological polar surface area (TPSA) is 55.1 Å². The van der Waals surface area contributed by atoms with Crippen LogP contribution in [0.2, 0.25) is 0 Å². The van der Waals surface area contributed by atoms with Crippen LogP contribution in [0.25, 0.3) is 0 Å². The lowest BCUT2D eigenvalue weighted by molar-refractivity contribution is -0.113. The van der Waals surface area contributed by atoms with Crippen LogP contribution in [0.15, 0.2) is 48.5 Å². The van der Waals surface area contributed by atoms with Crippen molar-refractivity contribution in [2.75, 3.05) is 16.8 Å². The van der Waals surface area contributed by atoms with Gasteiger partial charge in [-0.2, -0.15) is 0 Å². The van der Waals surface area contributed by atoms with Crippen molar-refractivity contribution in [3.63, 3.8) is 0 Å². The van der Waals surface area contributed by atoms with Gasteiger partial charge in [0.15, 0.2) is 0 Å². The molecule has 4 heteroatoms. The van der Waals surface area contributed by atoms with E-state index in [2.05, 4.69) is 30.4 Å². The van der Waals surface area contributed by atoms with Gasteiger partial charge in [0.05, 0.1) is 17.1 Å². The molecule has 0 heterocycles. The number of carbonyl (C=O) groups excluding carboxylic acids is 1. The van der Waals surface area contributed by atoms with Crippen LogP contribution in [-0.2, 0) is 10.5 Å². The first-order valence-electron chi connectivity index (χ1n) is 6.43. The molecule has 1 amide bonds. The predicted molar refractivity (Wildman–Crippen MR) is 86.8 cm³/mol. The summed E-state index contributed by atoms with van der Waals surface area (Å²) >= 11 is 1.60. The summed E-state index contributed by atoms with van der Waals surface area (Å²) in [5.74, 6) is 1.22. The van der Waals surface area contributed by atoms with E-state index >= 15 is 0 Å². The summed E-state index contributed by atoms with van der Waals surface area (Å²) in [6.07, 6.45) is 0. The summed E-state index contributed by atoms with van der Waals surface area (Å²) in [5, 5.41) is 2.82. The number of anilines is 2. The number of rotatable bonds is 5. The fourth-order valence-electron chi connectivity index (χ4n) is 1.86. The maximum absolute atomic E-state index is 11.8. The zero-order chi connectivity index (χ0) is 14.4. The van der Waals surface area contributed by atoms with Crippen molar-refractivity contribution in [2.24, 2.45) is 0 Å². The minimum Gasteiger partial charge on any atom is -0.397 e. The molecule has 0 aromatic heterocycles. The quantitative estimate of drug-likeness (QED) is 0.828. The lowest BCUT2D eigenvalue weighted by Crippen LogP contribution is -2.15. The van der Waals surface area contributed by atoms with E-state index in [9.17, 15) is 4.79 Å². The van der Waals surface area contributed by atoms with Gasteiger partial charge in [-0.15, -0.1) is 11.8 Å². The Hall–Kier alpha value is -1.94. The Bertz CT molecular complexity index is 599. The van der Waals surface area contributed by atoms with Crippen molar-refractivity contribution in [3.05, 3.63) is 59.7 Å². The molecule has 0 saturated carbocycles. The van der Waals surface area contributed by atoms with Crippen LogP contribution < -0.4 is 11.1 Å². The number of hydrogen-bond acceptors (Lipinski definition) is 3. The molecular weight excluding hydrogens is 268 g/mol. The fraction of sp³-hybridized carbons (Fsp3) is 0.188. The number of benzene rings is 2. The summed E-state index contributed by atoms with van der Waals surface area (Å²) in [4.78, 5) is 11.8. The molecule has 0 fully saturated rings. The largest absolute Gasteiger partial charge is 0.397 e. The Morgan fingerprint density at radius 3 is 2.75 bits per heavy atom. The van der Waals surface area contributed by atoms with Crippen molar-refractivity contribution in [3.8, 4) is 0 Å². The molecule has 0 aliphatic heterocycles. The number of thioether (sulfide) groups is 1. The lowest BCUT2D eigenvalue weighted by atomic mass is 10.2. The number of aryl methyl sites for hydroxylation is 1. The maximum atomic E-state index is 11.8. The summed E-state index contributed by atoms with van der Waals surface area (Å²) < 4.78 is 0. The van der Waals surface area contributed by atoms with Gasteiger partial charge in [-0.25, -0.2) is 0 Å². The van der Waals surface area contributed by atoms with Gasteiger partial charge in [-0.1, -0.05) is 42.0 Å². The molecule has 0 aliphatic rings. The van der Waals surface area contributed by atoms with Gasteiger partial charge in [0, 0.05) is 5.75 Å². The van der Waals surface area contributed by atoms with E-state index in [0.717, 1.165) is 5.75 Å². The van der Waals surface area contributed by atoms with Crippen molar-refractivity contribution in [1.82, 2.24) is 0 Å². The van der Waals surface area contributed by atoms with Crippen LogP contribution >= 0.6 is 11.8 Å². The fourth-order valence-corrected chi connectivity index (χ4v) is 2.64. The van der Waals surface area contributed by atoms with E-state index in [1.165, 1.54) is 11.1 Å². The summed E-state index contributed by atoms with van der Waals surface area (Å²) in [7, 11) is 0. The van der Waals surface area contributed by atoms with Gasteiger partial charge in [0.1, 0.15) is 0 Å². The van der Waals surface area contributed by atoms with E-state index in [4.69, 9.17) is 5.73 Å². The van der Waals surface area contributed by atoms with E-state index in [1.54, 1.807) is 23.9 Å². The Morgan fingerprint density at radius 2 is 2.00 bits per heavy atom. The zero-order valence-corrected chi connectivity index (χ0v) is 12.2. The zero-order valence-electron chi connectivity index (χ0n) is 11.4. The van der Waals surface area contributed by atoms with E-state index in [1.807, 2.05) is 18.2 Å². The van der Waals surface area contributed by atoms with Crippen LogP contribution in [-0.4, -0.2) is 11.7 Å². The summed E-state index contributed by atoms with van der Waals surface area (Å²) in [6.45, 7) is 2.07. The molecule has 104 valence electrons. The SMILES string of the molecule is Cc1cccc(CSCC(=O)Nc2ccccc2N)c1. The maximum Gasteiger partial charge on any atom is 0.234 e. The number of hydrogen-bond donors (Lipinski definition) is 2. The van der Waals surface area contributed by atoms with Crippen LogP contribution in [0.4, 0.5) is 11.4 Å². The first-order chi connectivity index (χ1) is 9.65. The third-order valence-corrected chi connectivity index (χ3v) is 3.82. The van der Waals surface area contributed by atoms with Crippen molar-refractivity contribution in [2.45, 2.75) is 12.7 Å². The highest BCUT2D eigenvalue weighted by Gasteiger charge is 2.05. The Balaban J connectivity index is 1.80. The molecule has 0 saturated heterocycles.